The molecular weight excluding hydrogens is 304 g/mol. The fourth-order valence-corrected chi connectivity index (χ4v) is 3.20. The standard InChI is InChI=1S/C15H19BrN2O/c1-11-10-18(9-8-17-11)14(19)15(6-7-15)12-2-4-13(16)5-3-12/h2-5,11,17H,6-10H2,1H3/t11-/m1/s1. The molecule has 19 heavy (non-hydrogen) atoms. The van der Waals surface area contributed by atoms with E-state index < -0.39 is 0 Å². The first kappa shape index (κ1) is 13.1. The molecule has 1 amide bonds. The van der Waals surface area contributed by atoms with Crippen LogP contribution in [0, 0.1) is 0 Å². The molecule has 1 atom stereocenters. The lowest BCUT2D eigenvalue weighted by Crippen LogP contribution is -2.53. The predicted molar refractivity (Wildman–Crippen MR) is 79.1 cm³/mol. The van der Waals surface area contributed by atoms with Gasteiger partial charge in [-0.25, -0.2) is 0 Å². The molecule has 1 aromatic carbocycles. The van der Waals surface area contributed by atoms with E-state index in [9.17, 15) is 4.79 Å². The highest BCUT2D eigenvalue weighted by molar-refractivity contribution is 9.10. The van der Waals surface area contributed by atoms with Crippen LogP contribution in [0.15, 0.2) is 28.7 Å². The van der Waals surface area contributed by atoms with Crippen LogP contribution in [0.3, 0.4) is 0 Å². The van der Waals surface area contributed by atoms with Gasteiger partial charge in [-0.2, -0.15) is 0 Å². The Morgan fingerprint density at radius 2 is 2.05 bits per heavy atom. The van der Waals surface area contributed by atoms with E-state index in [2.05, 4.69) is 40.3 Å². The number of rotatable bonds is 2. The summed E-state index contributed by atoms with van der Waals surface area (Å²) in [6.07, 6.45) is 1.98. The van der Waals surface area contributed by atoms with E-state index in [0.29, 0.717) is 11.9 Å². The summed E-state index contributed by atoms with van der Waals surface area (Å²) < 4.78 is 1.07. The molecular formula is C15H19BrN2O. The summed E-state index contributed by atoms with van der Waals surface area (Å²) in [6.45, 7) is 4.71. The third kappa shape index (κ3) is 2.43. The Labute approximate surface area is 122 Å². The molecule has 0 unspecified atom stereocenters. The van der Waals surface area contributed by atoms with Crippen LogP contribution in [0.1, 0.15) is 25.3 Å². The van der Waals surface area contributed by atoms with Crippen molar-refractivity contribution in [1.29, 1.82) is 0 Å². The Balaban J connectivity index is 1.80. The number of carbonyl (C=O) groups excluding carboxylic acids is 1. The van der Waals surface area contributed by atoms with Crippen LogP contribution in [0.25, 0.3) is 0 Å². The van der Waals surface area contributed by atoms with E-state index in [1.54, 1.807) is 0 Å². The van der Waals surface area contributed by atoms with Gasteiger partial charge in [0.1, 0.15) is 0 Å². The number of hydrogen-bond acceptors (Lipinski definition) is 2. The van der Waals surface area contributed by atoms with Crippen molar-refractivity contribution in [2.45, 2.75) is 31.2 Å². The minimum Gasteiger partial charge on any atom is -0.339 e. The van der Waals surface area contributed by atoms with Gasteiger partial charge in [0.05, 0.1) is 5.41 Å². The summed E-state index contributed by atoms with van der Waals surface area (Å²) in [5, 5.41) is 3.39. The van der Waals surface area contributed by atoms with Crippen LogP contribution in [-0.2, 0) is 10.2 Å². The summed E-state index contributed by atoms with van der Waals surface area (Å²) >= 11 is 3.45. The highest BCUT2D eigenvalue weighted by Crippen LogP contribution is 2.49. The van der Waals surface area contributed by atoms with Crippen molar-refractivity contribution < 1.29 is 4.79 Å². The molecule has 1 aliphatic carbocycles. The molecule has 4 heteroatoms. The van der Waals surface area contributed by atoms with E-state index >= 15 is 0 Å². The maximum atomic E-state index is 12.8. The Bertz CT molecular complexity index is 481. The van der Waals surface area contributed by atoms with Crippen molar-refractivity contribution in [1.82, 2.24) is 10.2 Å². The smallest absolute Gasteiger partial charge is 0.233 e. The lowest BCUT2D eigenvalue weighted by molar-refractivity contribution is -0.135. The minimum atomic E-state index is -0.224. The summed E-state index contributed by atoms with van der Waals surface area (Å²) in [6, 6.07) is 8.63. The first-order valence-corrected chi connectivity index (χ1v) is 7.70. The van der Waals surface area contributed by atoms with Crippen LogP contribution >= 0.6 is 15.9 Å². The highest BCUT2D eigenvalue weighted by atomic mass is 79.9. The second-order valence-electron chi connectivity index (χ2n) is 5.70. The van der Waals surface area contributed by atoms with Crippen molar-refractivity contribution >= 4 is 21.8 Å². The third-order valence-corrected chi connectivity index (χ3v) is 4.74. The van der Waals surface area contributed by atoms with Gasteiger partial charge >= 0.3 is 0 Å². The van der Waals surface area contributed by atoms with Crippen molar-refractivity contribution in [3.8, 4) is 0 Å². The quantitative estimate of drug-likeness (QED) is 0.906. The number of nitrogens with zero attached hydrogens (tertiary/aromatic N) is 1. The molecule has 1 aliphatic heterocycles. The average molecular weight is 323 g/mol. The van der Waals surface area contributed by atoms with Gasteiger partial charge in [0.2, 0.25) is 5.91 Å². The zero-order valence-corrected chi connectivity index (χ0v) is 12.7. The van der Waals surface area contributed by atoms with Gasteiger partial charge in [0.15, 0.2) is 0 Å². The van der Waals surface area contributed by atoms with Crippen LogP contribution < -0.4 is 5.32 Å². The van der Waals surface area contributed by atoms with Crippen molar-refractivity contribution in [3.63, 3.8) is 0 Å². The molecule has 2 fully saturated rings. The Hall–Kier alpha value is -0.870. The Morgan fingerprint density at radius 1 is 1.37 bits per heavy atom. The van der Waals surface area contributed by atoms with Crippen LogP contribution in [-0.4, -0.2) is 36.5 Å². The second-order valence-corrected chi connectivity index (χ2v) is 6.61. The van der Waals surface area contributed by atoms with E-state index in [1.165, 1.54) is 5.56 Å². The molecule has 0 bridgehead atoms. The zero-order valence-electron chi connectivity index (χ0n) is 11.2. The normalized spacial score (nSPS) is 25.2. The molecule has 1 aromatic rings. The molecule has 2 aliphatic rings. The minimum absolute atomic E-state index is 0.224. The molecule has 0 radical (unpaired) electrons. The first-order chi connectivity index (χ1) is 9.12. The first-order valence-electron chi connectivity index (χ1n) is 6.91. The fraction of sp³-hybridized carbons (Fsp3) is 0.533. The summed E-state index contributed by atoms with van der Waals surface area (Å²) in [5.41, 5.74) is 0.949. The van der Waals surface area contributed by atoms with Gasteiger partial charge in [-0.3, -0.25) is 4.79 Å². The zero-order chi connectivity index (χ0) is 13.5. The van der Waals surface area contributed by atoms with E-state index in [4.69, 9.17) is 0 Å². The van der Waals surface area contributed by atoms with E-state index in [-0.39, 0.29) is 5.41 Å². The topological polar surface area (TPSA) is 32.3 Å². The van der Waals surface area contributed by atoms with Crippen LogP contribution in [0.5, 0.6) is 0 Å². The molecule has 3 nitrogen and oxygen atoms in total. The van der Waals surface area contributed by atoms with Gasteiger partial charge in [0.25, 0.3) is 0 Å². The van der Waals surface area contributed by atoms with Gasteiger partial charge in [0, 0.05) is 30.1 Å². The lowest BCUT2D eigenvalue weighted by atomic mass is 9.94. The number of halogens is 1. The molecule has 102 valence electrons. The lowest BCUT2D eigenvalue weighted by Gasteiger charge is -2.34. The fourth-order valence-electron chi connectivity index (χ4n) is 2.94. The second kappa shape index (κ2) is 4.91. The van der Waals surface area contributed by atoms with Gasteiger partial charge < -0.3 is 10.2 Å². The molecule has 1 saturated carbocycles. The molecule has 0 aromatic heterocycles. The number of benzene rings is 1. The Kier molecular flexibility index (Phi) is 3.39. The number of nitrogens with one attached hydrogen (secondary N) is 1. The highest BCUT2D eigenvalue weighted by Gasteiger charge is 2.53. The van der Waals surface area contributed by atoms with Gasteiger partial charge in [-0.1, -0.05) is 28.1 Å². The van der Waals surface area contributed by atoms with Crippen LogP contribution in [0.4, 0.5) is 0 Å². The SMILES string of the molecule is C[C@@H]1CN(C(=O)C2(c3ccc(Br)cc3)CC2)CCN1. The summed E-state index contributed by atoms with van der Waals surface area (Å²) in [5.74, 6) is 0.322. The number of carbonyl (C=O) groups is 1. The van der Waals surface area contributed by atoms with Gasteiger partial charge in [-0.15, -0.1) is 0 Å². The average Bonchev–Trinajstić information content (AvgIpc) is 3.20. The van der Waals surface area contributed by atoms with Gasteiger partial charge in [-0.05, 0) is 37.5 Å². The van der Waals surface area contributed by atoms with E-state index in [0.717, 1.165) is 36.9 Å². The maximum Gasteiger partial charge on any atom is 0.233 e. The molecule has 1 heterocycles. The van der Waals surface area contributed by atoms with Crippen molar-refractivity contribution in [2.75, 3.05) is 19.6 Å². The molecule has 1 saturated heterocycles. The number of piperazine rings is 1. The predicted octanol–water partition coefficient (Wildman–Crippen LogP) is 2.30. The summed E-state index contributed by atoms with van der Waals surface area (Å²) in [7, 11) is 0. The molecule has 0 spiro atoms. The van der Waals surface area contributed by atoms with Crippen molar-refractivity contribution in [2.24, 2.45) is 0 Å². The number of hydrogen-bond donors (Lipinski definition) is 1. The largest absolute Gasteiger partial charge is 0.339 e. The van der Waals surface area contributed by atoms with Crippen LogP contribution in [0.2, 0.25) is 0 Å². The summed E-state index contributed by atoms with van der Waals surface area (Å²) in [4.78, 5) is 14.8. The number of amides is 1. The van der Waals surface area contributed by atoms with E-state index in [1.807, 2.05) is 17.0 Å². The Morgan fingerprint density at radius 3 is 2.63 bits per heavy atom. The monoisotopic (exact) mass is 322 g/mol. The molecule has 1 N–H and O–H groups in total. The third-order valence-electron chi connectivity index (χ3n) is 4.21. The van der Waals surface area contributed by atoms with Crippen molar-refractivity contribution in [3.05, 3.63) is 34.3 Å². The maximum absolute atomic E-state index is 12.8. The molecule has 3 rings (SSSR count).